The van der Waals surface area contributed by atoms with E-state index in [2.05, 4.69) is 15.3 Å². The number of nitrogens with one attached hydrogen (secondary N) is 1. The molecule has 5 aromatic rings. The first-order valence-corrected chi connectivity index (χ1v) is 12.9. The number of methoxy groups -OCH3 is 2. The Balaban J connectivity index is 1.44. The zero-order chi connectivity index (χ0) is 30.8. The van der Waals surface area contributed by atoms with E-state index in [1.165, 1.54) is 68.6 Å². The average molecular weight is 591 g/mol. The van der Waals surface area contributed by atoms with Gasteiger partial charge in [-0.15, -0.1) is 0 Å². The van der Waals surface area contributed by atoms with Gasteiger partial charge in [-0.2, -0.15) is 0 Å². The fourth-order valence-electron chi connectivity index (χ4n) is 4.65. The van der Waals surface area contributed by atoms with Crippen LogP contribution in [0.1, 0.15) is 21.6 Å². The largest absolute Gasteiger partial charge is 0.491 e. The predicted molar refractivity (Wildman–Crippen MR) is 154 cm³/mol. The van der Waals surface area contributed by atoms with E-state index in [1.54, 1.807) is 13.0 Å². The normalized spacial score (nSPS) is 11.0. The van der Waals surface area contributed by atoms with E-state index in [4.69, 9.17) is 14.2 Å². The van der Waals surface area contributed by atoms with Gasteiger partial charge in [-0.3, -0.25) is 14.6 Å². The van der Waals surface area contributed by atoms with Crippen LogP contribution in [-0.2, 0) is 13.7 Å². The summed E-state index contributed by atoms with van der Waals surface area (Å²) in [5.41, 5.74) is 0.375. The molecule has 0 radical (unpaired) electrons. The van der Waals surface area contributed by atoms with Gasteiger partial charge >= 0.3 is 0 Å². The van der Waals surface area contributed by atoms with Crippen LogP contribution in [-0.4, -0.2) is 34.7 Å². The first kappa shape index (κ1) is 29.1. The maximum absolute atomic E-state index is 15.2. The molecule has 1 amide bonds. The number of anilines is 1. The van der Waals surface area contributed by atoms with Crippen LogP contribution in [0, 0.1) is 18.6 Å². The van der Waals surface area contributed by atoms with Crippen LogP contribution >= 0.6 is 0 Å². The Morgan fingerprint density at radius 3 is 2.47 bits per heavy atom. The van der Waals surface area contributed by atoms with E-state index >= 15 is 4.39 Å². The molecule has 0 aliphatic carbocycles. The number of ether oxygens (including phenoxy) is 3. The lowest BCUT2D eigenvalue weighted by molar-refractivity contribution is 0.102. The standard InChI is InChI=1S/C31H25F3N4O5/c1-16-11-17(33)5-7-19(16)27-23(14-32)38(2)15-20(29(27)39)30(40)36-18-6-8-24(21(34)12-18)43-25-9-10-35-22-13-26(41-3)31(42-4)37-28(22)25/h5-13,15H,14H2,1-4H3,(H,36,40). The molecule has 0 atom stereocenters. The van der Waals surface area contributed by atoms with Gasteiger partial charge in [-0.25, -0.2) is 18.2 Å². The van der Waals surface area contributed by atoms with E-state index in [9.17, 15) is 18.4 Å². The number of hydrogen-bond donors (Lipinski definition) is 1. The molecule has 0 saturated carbocycles. The molecule has 0 fully saturated rings. The Labute approximate surface area is 243 Å². The van der Waals surface area contributed by atoms with Crippen molar-refractivity contribution < 1.29 is 32.2 Å². The maximum Gasteiger partial charge on any atom is 0.261 e. The molecule has 0 spiro atoms. The van der Waals surface area contributed by atoms with Crippen molar-refractivity contribution in [2.75, 3.05) is 19.5 Å². The number of carbonyl (C=O) groups excluding carboxylic acids is 1. The fourth-order valence-corrected chi connectivity index (χ4v) is 4.65. The summed E-state index contributed by atoms with van der Waals surface area (Å²) >= 11 is 0. The maximum atomic E-state index is 15.2. The van der Waals surface area contributed by atoms with Crippen LogP contribution in [0.2, 0.25) is 0 Å². The van der Waals surface area contributed by atoms with Crippen LogP contribution in [0.4, 0.5) is 18.9 Å². The van der Waals surface area contributed by atoms with Crippen LogP contribution in [0.25, 0.3) is 22.2 Å². The smallest absolute Gasteiger partial charge is 0.261 e. The first-order valence-electron chi connectivity index (χ1n) is 12.9. The zero-order valence-corrected chi connectivity index (χ0v) is 23.5. The number of hydrogen-bond acceptors (Lipinski definition) is 7. The second-order valence-corrected chi connectivity index (χ2v) is 9.48. The Bertz CT molecular complexity index is 1940. The van der Waals surface area contributed by atoms with Crippen molar-refractivity contribution in [3.05, 3.63) is 99.6 Å². The molecular weight excluding hydrogens is 565 g/mol. The molecule has 220 valence electrons. The molecule has 12 heteroatoms. The van der Waals surface area contributed by atoms with Crippen molar-refractivity contribution in [1.29, 1.82) is 0 Å². The number of aryl methyl sites for hydroxylation is 2. The molecule has 43 heavy (non-hydrogen) atoms. The van der Waals surface area contributed by atoms with Gasteiger partial charge in [0.1, 0.15) is 23.6 Å². The highest BCUT2D eigenvalue weighted by Crippen LogP contribution is 2.35. The molecule has 3 heterocycles. The van der Waals surface area contributed by atoms with Crippen LogP contribution < -0.4 is 25.0 Å². The van der Waals surface area contributed by atoms with Gasteiger partial charge in [0.05, 0.1) is 31.0 Å². The minimum absolute atomic E-state index is 0.0259. The van der Waals surface area contributed by atoms with E-state index in [-0.39, 0.29) is 39.9 Å². The highest BCUT2D eigenvalue weighted by molar-refractivity contribution is 6.04. The quantitative estimate of drug-likeness (QED) is 0.232. The first-order chi connectivity index (χ1) is 20.6. The van der Waals surface area contributed by atoms with E-state index in [0.717, 1.165) is 12.1 Å². The number of fused-ring (bicyclic) bond motifs is 1. The number of aromatic nitrogens is 3. The van der Waals surface area contributed by atoms with Crippen LogP contribution in [0.5, 0.6) is 23.1 Å². The van der Waals surface area contributed by atoms with Gasteiger partial charge in [0.2, 0.25) is 5.43 Å². The molecule has 1 N–H and O–H groups in total. The number of benzene rings is 2. The number of pyridine rings is 3. The summed E-state index contributed by atoms with van der Waals surface area (Å²) in [6.45, 7) is 0.590. The Hall–Kier alpha value is -5.39. The summed E-state index contributed by atoms with van der Waals surface area (Å²) in [6.07, 6.45) is 2.67. The second-order valence-electron chi connectivity index (χ2n) is 9.48. The van der Waals surface area contributed by atoms with Gasteiger partial charge in [0, 0.05) is 43.3 Å². The number of nitrogens with zero attached hydrogens (tertiary/aromatic N) is 3. The van der Waals surface area contributed by atoms with Gasteiger partial charge in [0.25, 0.3) is 11.8 Å². The third-order valence-electron chi connectivity index (χ3n) is 6.77. The summed E-state index contributed by atoms with van der Waals surface area (Å²) in [5.74, 6) is -1.59. The Kier molecular flexibility index (Phi) is 8.02. The Morgan fingerprint density at radius 2 is 1.79 bits per heavy atom. The van der Waals surface area contributed by atoms with Gasteiger partial charge in [-0.05, 0) is 42.3 Å². The molecule has 2 aromatic carbocycles. The summed E-state index contributed by atoms with van der Waals surface area (Å²) < 4.78 is 60.5. The third-order valence-corrected chi connectivity index (χ3v) is 6.77. The van der Waals surface area contributed by atoms with Crippen molar-refractivity contribution in [2.45, 2.75) is 13.6 Å². The molecular formula is C31H25F3N4O5. The monoisotopic (exact) mass is 590 g/mol. The predicted octanol–water partition coefficient (Wildman–Crippen LogP) is 6.11. The van der Waals surface area contributed by atoms with E-state index in [0.29, 0.717) is 27.9 Å². The van der Waals surface area contributed by atoms with Crippen molar-refractivity contribution in [1.82, 2.24) is 14.5 Å². The summed E-state index contributed by atoms with van der Waals surface area (Å²) in [4.78, 5) is 35.2. The minimum Gasteiger partial charge on any atom is -0.491 e. The highest BCUT2D eigenvalue weighted by Gasteiger charge is 2.22. The van der Waals surface area contributed by atoms with Crippen molar-refractivity contribution >= 4 is 22.6 Å². The molecule has 5 rings (SSSR count). The van der Waals surface area contributed by atoms with Gasteiger partial charge in [0.15, 0.2) is 23.1 Å². The minimum atomic E-state index is -0.991. The number of rotatable bonds is 8. The number of alkyl halides is 1. The molecule has 0 aliphatic heterocycles. The SMILES string of the molecule is COc1cc2nccc(Oc3ccc(NC(=O)c4cn(C)c(CF)c(-c5ccc(F)cc5C)c4=O)cc3F)c2nc1OC. The second kappa shape index (κ2) is 11.8. The highest BCUT2D eigenvalue weighted by atomic mass is 19.1. The lowest BCUT2D eigenvalue weighted by atomic mass is 9.96. The fraction of sp³-hybridized carbons (Fsp3) is 0.161. The van der Waals surface area contributed by atoms with E-state index < -0.39 is 29.6 Å². The molecule has 0 aliphatic rings. The molecule has 9 nitrogen and oxygen atoms in total. The number of carbonyl (C=O) groups is 1. The van der Waals surface area contributed by atoms with E-state index in [1.807, 2.05) is 0 Å². The summed E-state index contributed by atoms with van der Waals surface area (Å²) in [7, 11) is 4.38. The third kappa shape index (κ3) is 5.59. The number of amides is 1. The van der Waals surface area contributed by atoms with Crippen LogP contribution in [0.3, 0.4) is 0 Å². The summed E-state index contributed by atoms with van der Waals surface area (Å²) in [5, 5.41) is 2.50. The zero-order valence-electron chi connectivity index (χ0n) is 23.5. The van der Waals surface area contributed by atoms with Crippen molar-refractivity contribution in [2.24, 2.45) is 7.05 Å². The molecule has 0 bridgehead atoms. The topological polar surface area (TPSA) is 105 Å². The van der Waals surface area contributed by atoms with Gasteiger partial charge in [-0.1, -0.05) is 6.07 Å². The molecule has 3 aromatic heterocycles. The summed E-state index contributed by atoms with van der Waals surface area (Å²) in [6, 6.07) is 10.6. The van der Waals surface area contributed by atoms with Crippen molar-refractivity contribution in [3.8, 4) is 34.3 Å². The molecule has 0 saturated heterocycles. The van der Waals surface area contributed by atoms with Gasteiger partial charge < -0.3 is 24.1 Å². The van der Waals surface area contributed by atoms with Crippen LogP contribution in [0.15, 0.2) is 65.7 Å². The average Bonchev–Trinajstić information content (AvgIpc) is 2.99. The number of halogens is 3. The lowest BCUT2D eigenvalue weighted by Gasteiger charge is -2.16. The molecule has 0 unspecified atom stereocenters. The van der Waals surface area contributed by atoms with Crippen molar-refractivity contribution in [3.63, 3.8) is 0 Å². The lowest BCUT2D eigenvalue weighted by Crippen LogP contribution is -2.26. The Morgan fingerprint density at radius 1 is 1.00 bits per heavy atom.